The zero-order chi connectivity index (χ0) is 20.6. The Hall–Kier alpha value is -1.56. The number of alkyl halides is 3. The van der Waals surface area contributed by atoms with Crippen LogP contribution in [-0.4, -0.2) is 73.7 Å². The van der Waals surface area contributed by atoms with Gasteiger partial charge in [-0.2, -0.15) is 13.2 Å². The van der Waals surface area contributed by atoms with Gasteiger partial charge in [0.15, 0.2) is 5.96 Å². The van der Waals surface area contributed by atoms with Crippen LogP contribution in [0.1, 0.15) is 18.9 Å². The molecule has 2 N–H and O–H groups in total. The molecule has 1 saturated heterocycles. The number of hydrogen-bond donors (Lipinski definition) is 2. The molecule has 1 heterocycles. The molecule has 1 aromatic carbocycles. The van der Waals surface area contributed by atoms with E-state index in [-0.39, 0.29) is 36.3 Å². The first-order valence-electron chi connectivity index (χ1n) is 9.38. The number of guanidine groups is 1. The summed E-state index contributed by atoms with van der Waals surface area (Å²) in [6, 6.07) is 8.20. The van der Waals surface area contributed by atoms with Crippen LogP contribution in [0.3, 0.4) is 0 Å². The number of piperazine rings is 1. The quantitative estimate of drug-likeness (QED) is 0.339. The number of nitrogens with zero attached hydrogens (tertiary/aromatic N) is 3. The highest BCUT2D eigenvalue weighted by atomic mass is 127. The molecule has 0 bridgehead atoms. The van der Waals surface area contributed by atoms with Gasteiger partial charge in [-0.05, 0) is 12.5 Å². The first-order valence-corrected chi connectivity index (χ1v) is 9.38. The lowest BCUT2D eigenvalue weighted by molar-refractivity contribution is -0.181. The molecule has 0 aliphatic carbocycles. The summed E-state index contributed by atoms with van der Waals surface area (Å²) in [6.45, 7) is 3.63. The van der Waals surface area contributed by atoms with Gasteiger partial charge in [0.1, 0.15) is 6.04 Å². The van der Waals surface area contributed by atoms with Crippen LogP contribution in [-0.2, 0) is 11.3 Å². The van der Waals surface area contributed by atoms with E-state index in [2.05, 4.69) is 15.6 Å². The summed E-state index contributed by atoms with van der Waals surface area (Å²) in [5.41, 5.74) is 1.03. The van der Waals surface area contributed by atoms with Crippen LogP contribution < -0.4 is 10.6 Å². The molecule has 0 aromatic heterocycles. The molecule has 29 heavy (non-hydrogen) atoms. The number of benzene rings is 1. The minimum absolute atomic E-state index is 0. The zero-order valence-corrected chi connectivity index (χ0v) is 19.0. The number of hydrogen-bond acceptors (Lipinski definition) is 3. The molecular formula is C19H29F3IN5O. The minimum Gasteiger partial charge on any atom is -0.356 e. The number of aliphatic imine (C=N–C) groups is 1. The molecule has 164 valence electrons. The highest BCUT2D eigenvalue weighted by Gasteiger charge is 2.41. The maximum Gasteiger partial charge on any atom is 0.403 e. The van der Waals surface area contributed by atoms with Gasteiger partial charge in [0.2, 0.25) is 5.91 Å². The third kappa shape index (κ3) is 8.37. The first kappa shape index (κ1) is 25.5. The van der Waals surface area contributed by atoms with Crippen molar-refractivity contribution in [3.63, 3.8) is 0 Å². The van der Waals surface area contributed by atoms with E-state index in [1.54, 1.807) is 7.05 Å². The lowest BCUT2D eigenvalue weighted by Crippen LogP contribution is -2.56. The average Bonchev–Trinajstić information content (AvgIpc) is 2.69. The predicted molar refractivity (Wildman–Crippen MR) is 118 cm³/mol. The van der Waals surface area contributed by atoms with Gasteiger partial charge in [0.05, 0.1) is 0 Å². The monoisotopic (exact) mass is 527 g/mol. The molecular weight excluding hydrogens is 498 g/mol. The second-order valence-corrected chi connectivity index (χ2v) is 6.73. The van der Waals surface area contributed by atoms with Crippen molar-refractivity contribution >= 4 is 35.8 Å². The Morgan fingerprint density at radius 2 is 1.76 bits per heavy atom. The summed E-state index contributed by atoms with van der Waals surface area (Å²) in [5.74, 6) is 0.533. The Morgan fingerprint density at radius 3 is 2.31 bits per heavy atom. The second-order valence-electron chi connectivity index (χ2n) is 6.73. The zero-order valence-electron chi connectivity index (χ0n) is 16.7. The van der Waals surface area contributed by atoms with Crippen molar-refractivity contribution in [1.82, 2.24) is 20.4 Å². The molecule has 10 heteroatoms. The fourth-order valence-electron chi connectivity index (χ4n) is 3.03. The van der Waals surface area contributed by atoms with E-state index in [1.807, 2.05) is 35.2 Å². The predicted octanol–water partition coefficient (Wildman–Crippen LogP) is 2.45. The van der Waals surface area contributed by atoms with Gasteiger partial charge < -0.3 is 15.5 Å². The van der Waals surface area contributed by atoms with Gasteiger partial charge in [-0.1, -0.05) is 30.3 Å². The van der Waals surface area contributed by atoms with E-state index in [0.29, 0.717) is 45.2 Å². The summed E-state index contributed by atoms with van der Waals surface area (Å²) in [6.07, 6.45) is -3.92. The third-order valence-corrected chi connectivity index (χ3v) is 4.81. The molecule has 1 atom stereocenters. The number of amides is 1. The van der Waals surface area contributed by atoms with Crippen molar-refractivity contribution in [1.29, 1.82) is 0 Å². The number of nitrogens with one attached hydrogen (secondary N) is 2. The van der Waals surface area contributed by atoms with Crippen LogP contribution >= 0.6 is 24.0 Å². The Morgan fingerprint density at radius 1 is 1.14 bits per heavy atom. The van der Waals surface area contributed by atoms with E-state index in [9.17, 15) is 18.0 Å². The largest absolute Gasteiger partial charge is 0.403 e. The topological polar surface area (TPSA) is 60.0 Å². The van der Waals surface area contributed by atoms with Gasteiger partial charge in [-0.25, -0.2) is 0 Å². The van der Waals surface area contributed by atoms with Crippen molar-refractivity contribution in [2.75, 3.05) is 39.8 Å². The smallest absolute Gasteiger partial charge is 0.356 e. The highest BCUT2D eigenvalue weighted by molar-refractivity contribution is 14.0. The normalized spacial score (nSPS) is 16.7. The van der Waals surface area contributed by atoms with Crippen molar-refractivity contribution in [3.05, 3.63) is 35.9 Å². The minimum atomic E-state index is -4.21. The van der Waals surface area contributed by atoms with Crippen LogP contribution in [0, 0.1) is 0 Å². The first-order chi connectivity index (χ1) is 13.3. The van der Waals surface area contributed by atoms with Crippen molar-refractivity contribution in [2.24, 2.45) is 4.99 Å². The Balaban J connectivity index is 0.00000420. The van der Waals surface area contributed by atoms with E-state index in [4.69, 9.17) is 0 Å². The number of carbonyl (C=O) groups excluding carboxylic acids is 1. The van der Waals surface area contributed by atoms with E-state index >= 15 is 0 Å². The third-order valence-electron chi connectivity index (χ3n) is 4.81. The highest BCUT2D eigenvalue weighted by Crippen LogP contribution is 2.25. The van der Waals surface area contributed by atoms with Gasteiger partial charge >= 0.3 is 6.18 Å². The number of halogens is 4. The Labute approximate surface area is 186 Å². The second kappa shape index (κ2) is 12.2. The fraction of sp³-hybridized carbons (Fsp3) is 0.579. The van der Waals surface area contributed by atoms with Crippen LogP contribution in [0.4, 0.5) is 13.2 Å². The summed E-state index contributed by atoms with van der Waals surface area (Å²) in [5, 5.41) is 5.97. The van der Waals surface area contributed by atoms with Crippen LogP contribution in [0.5, 0.6) is 0 Å². The van der Waals surface area contributed by atoms with Crippen molar-refractivity contribution in [3.8, 4) is 0 Å². The molecule has 0 spiro atoms. The fourth-order valence-corrected chi connectivity index (χ4v) is 3.03. The van der Waals surface area contributed by atoms with E-state index < -0.39 is 12.2 Å². The molecule has 1 amide bonds. The lowest BCUT2D eigenvalue weighted by atomic mass is 10.2. The van der Waals surface area contributed by atoms with E-state index in [1.165, 1.54) is 11.8 Å². The van der Waals surface area contributed by atoms with Crippen molar-refractivity contribution in [2.45, 2.75) is 32.1 Å². The van der Waals surface area contributed by atoms with Crippen molar-refractivity contribution < 1.29 is 18.0 Å². The summed E-state index contributed by atoms with van der Waals surface area (Å²) < 4.78 is 38.5. The summed E-state index contributed by atoms with van der Waals surface area (Å²) in [7, 11) is 1.63. The molecule has 1 aliphatic heterocycles. The van der Waals surface area contributed by atoms with Gasteiger partial charge in [-0.15, -0.1) is 24.0 Å². The van der Waals surface area contributed by atoms with Gasteiger partial charge in [0, 0.05) is 52.7 Å². The maximum absolute atomic E-state index is 12.8. The summed E-state index contributed by atoms with van der Waals surface area (Å²) >= 11 is 0. The Bertz CT molecular complexity index is 649. The maximum atomic E-state index is 12.8. The SMILES string of the molecule is CN=C(NCCC(=O)NCc1ccccc1)N1CCN(C(C)C(F)(F)F)CC1.I. The number of rotatable bonds is 6. The van der Waals surface area contributed by atoms with Crippen LogP contribution in [0.2, 0.25) is 0 Å². The molecule has 2 rings (SSSR count). The van der Waals surface area contributed by atoms with Crippen LogP contribution in [0.15, 0.2) is 35.3 Å². The lowest BCUT2D eigenvalue weighted by Gasteiger charge is -2.39. The molecule has 6 nitrogen and oxygen atoms in total. The molecule has 1 fully saturated rings. The van der Waals surface area contributed by atoms with Crippen LogP contribution in [0.25, 0.3) is 0 Å². The summed E-state index contributed by atoms with van der Waals surface area (Å²) in [4.78, 5) is 19.5. The standard InChI is InChI=1S/C19H28F3N5O.HI/c1-15(19(20,21)22)26-10-12-27(13-11-26)18(23-2)24-9-8-17(28)25-14-16-6-4-3-5-7-16;/h3-7,15H,8-14H2,1-2H3,(H,23,24)(H,25,28);1H. The molecule has 1 unspecified atom stereocenters. The van der Waals surface area contributed by atoms with Gasteiger partial charge in [0.25, 0.3) is 0 Å². The molecule has 0 radical (unpaired) electrons. The number of carbonyl (C=O) groups is 1. The van der Waals surface area contributed by atoms with E-state index in [0.717, 1.165) is 5.56 Å². The van der Waals surface area contributed by atoms with Gasteiger partial charge in [-0.3, -0.25) is 14.7 Å². The average molecular weight is 527 g/mol. The molecule has 0 saturated carbocycles. The molecule has 1 aliphatic rings. The molecule has 1 aromatic rings. The Kier molecular flexibility index (Phi) is 10.7.